The number of aryl methyl sites for hydroxylation is 3. The van der Waals surface area contributed by atoms with Gasteiger partial charge in [0.2, 0.25) is 10.9 Å². The number of hydrogen-bond donors (Lipinski definition) is 1. The summed E-state index contributed by atoms with van der Waals surface area (Å²) in [5.74, 6) is 0.291. The Kier molecular flexibility index (Phi) is 3.61. The minimum absolute atomic E-state index is 0.140. The summed E-state index contributed by atoms with van der Waals surface area (Å²) in [7, 11) is 0. The second-order valence-electron chi connectivity index (χ2n) is 5.81. The zero-order valence-electron chi connectivity index (χ0n) is 13.9. The quantitative estimate of drug-likeness (QED) is 0.607. The van der Waals surface area contributed by atoms with Gasteiger partial charge in [0, 0.05) is 12.1 Å². The summed E-state index contributed by atoms with van der Waals surface area (Å²) in [6.45, 7) is 6.01. The molecule has 0 atom stereocenters. The summed E-state index contributed by atoms with van der Waals surface area (Å²) in [5, 5.41) is 11.5. The van der Waals surface area contributed by atoms with Crippen molar-refractivity contribution in [2.75, 3.05) is 5.32 Å². The highest BCUT2D eigenvalue weighted by molar-refractivity contribution is 7.20. The molecular formula is C17H15N5O2S. The molecule has 3 heterocycles. The topological polar surface area (TPSA) is 85.8 Å². The Labute approximate surface area is 147 Å². The van der Waals surface area contributed by atoms with Crippen LogP contribution < -0.4 is 5.32 Å². The smallest absolute Gasteiger partial charge is 0.295 e. The molecule has 0 bridgehead atoms. The van der Waals surface area contributed by atoms with E-state index >= 15 is 0 Å². The maximum Gasteiger partial charge on any atom is 0.295 e. The molecule has 0 saturated heterocycles. The fraction of sp³-hybridized carbons (Fsp3) is 0.176. The normalized spacial score (nSPS) is 11.2. The van der Waals surface area contributed by atoms with Crippen molar-refractivity contribution in [3.8, 4) is 5.13 Å². The lowest BCUT2D eigenvalue weighted by Crippen LogP contribution is -2.14. The molecule has 1 N–H and O–H groups in total. The van der Waals surface area contributed by atoms with E-state index < -0.39 is 0 Å². The van der Waals surface area contributed by atoms with Crippen LogP contribution in [0.3, 0.4) is 0 Å². The first kappa shape index (κ1) is 15.5. The predicted octanol–water partition coefficient (Wildman–Crippen LogP) is 3.65. The van der Waals surface area contributed by atoms with Gasteiger partial charge in [0.1, 0.15) is 5.82 Å². The predicted molar refractivity (Wildman–Crippen MR) is 95.4 cm³/mol. The van der Waals surface area contributed by atoms with Crippen LogP contribution in [0.4, 0.5) is 5.82 Å². The van der Waals surface area contributed by atoms with E-state index in [-0.39, 0.29) is 11.7 Å². The second-order valence-corrected chi connectivity index (χ2v) is 6.82. The third kappa shape index (κ3) is 2.80. The number of carbonyl (C=O) groups is 1. The van der Waals surface area contributed by atoms with E-state index in [1.165, 1.54) is 34.7 Å². The molecule has 0 radical (unpaired) electrons. The minimum atomic E-state index is -0.383. The van der Waals surface area contributed by atoms with Crippen LogP contribution in [0.5, 0.6) is 0 Å². The van der Waals surface area contributed by atoms with Crippen LogP contribution in [0.15, 0.2) is 35.0 Å². The molecule has 0 fully saturated rings. The molecule has 3 aromatic heterocycles. The van der Waals surface area contributed by atoms with E-state index in [1.54, 1.807) is 10.7 Å². The molecule has 4 aromatic rings. The standard InChI is InChI=1S/C17H15N5O2S/c1-9-6-12-14(7-10(9)2)25-17(19-12)22-15(8-11(3)21-22)20-16(23)13-4-5-18-24-13/h4-8H,1-3H3,(H,20,23). The highest BCUT2D eigenvalue weighted by atomic mass is 32.1. The number of thiazole rings is 1. The van der Waals surface area contributed by atoms with Crippen LogP contribution in [0.1, 0.15) is 27.4 Å². The van der Waals surface area contributed by atoms with Crippen molar-refractivity contribution in [1.29, 1.82) is 0 Å². The van der Waals surface area contributed by atoms with Gasteiger partial charge in [0.05, 0.1) is 22.1 Å². The van der Waals surface area contributed by atoms with Crippen LogP contribution >= 0.6 is 11.3 Å². The van der Waals surface area contributed by atoms with E-state index in [1.807, 2.05) is 6.92 Å². The van der Waals surface area contributed by atoms with Gasteiger partial charge >= 0.3 is 0 Å². The van der Waals surface area contributed by atoms with Crippen molar-refractivity contribution in [3.63, 3.8) is 0 Å². The largest absolute Gasteiger partial charge is 0.351 e. The lowest BCUT2D eigenvalue weighted by molar-refractivity contribution is 0.0987. The molecule has 0 unspecified atom stereocenters. The van der Waals surface area contributed by atoms with Crippen molar-refractivity contribution in [2.45, 2.75) is 20.8 Å². The molecule has 25 heavy (non-hydrogen) atoms. The lowest BCUT2D eigenvalue weighted by atomic mass is 10.1. The number of nitrogens with zero attached hydrogens (tertiary/aromatic N) is 4. The number of amides is 1. The zero-order valence-corrected chi connectivity index (χ0v) is 14.7. The third-order valence-corrected chi connectivity index (χ3v) is 4.90. The highest BCUT2D eigenvalue weighted by Crippen LogP contribution is 2.29. The molecule has 0 aliphatic rings. The maximum absolute atomic E-state index is 12.2. The molecule has 1 aromatic carbocycles. The van der Waals surface area contributed by atoms with Gasteiger partial charge in [-0.1, -0.05) is 16.5 Å². The van der Waals surface area contributed by atoms with E-state index in [0.717, 1.165) is 15.9 Å². The van der Waals surface area contributed by atoms with Gasteiger partial charge < -0.3 is 9.84 Å². The minimum Gasteiger partial charge on any atom is -0.351 e. The molecule has 1 amide bonds. The van der Waals surface area contributed by atoms with Crippen molar-refractivity contribution in [1.82, 2.24) is 19.9 Å². The van der Waals surface area contributed by atoms with Crippen molar-refractivity contribution in [3.05, 3.63) is 53.0 Å². The number of nitrogens with one attached hydrogen (secondary N) is 1. The van der Waals surface area contributed by atoms with Crippen LogP contribution in [0.2, 0.25) is 0 Å². The first-order chi connectivity index (χ1) is 12.0. The van der Waals surface area contributed by atoms with Gasteiger partial charge in [0.25, 0.3) is 5.91 Å². The first-order valence-corrected chi connectivity index (χ1v) is 8.50. The van der Waals surface area contributed by atoms with Gasteiger partial charge in [-0.25, -0.2) is 4.98 Å². The SMILES string of the molecule is Cc1cc(NC(=O)c2ccno2)n(-c2nc3cc(C)c(C)cc3s2)n1. The molecule has 0 aliphatic carbocycles. The number of benzene rings is 1. The fourth-order valence-electron chi connectivity index (χ4n) is 2.50. The molecule has 0 aliphatic heterocycles. The summed E-state index contributed by atoms with van der Waals surface area (Å²) in [5.41, 5.74) is 4.11. The Bertz CT molecular complexity index is 1040. The van der Waals surface area contributed by atoms with Gasteiger partial charge in [-0.2, -0.15) is 9.78 Å². The van der Waals surface area contributed by atoms with Crippen LogP contribution in [0, 0.1) is 20.8 Å². The van der Waals surface area contributed by atoms with Gasteiger partial charge in [0.15, 0.2) is 0 Å². The Morgan fingerprint density at radius 1 is 1.20 bits per heavy atom. The van der Waals surface area contributed by atoms with Gasteiger partial charge in [-0.15, -0.1) is 0 Å². The summed E-state index contributed by atoms with van der Waals surface area (Å²) in [6, 6.07) is 7.48. The Balaban J connectivity index is 1.74. The molecule has 7 nitrogen and oxygen atoms in total. The monoisotopic (exact) mass is 353 g/mol. The lowest BCUT2D eigenvalue weighted by Gasteiger charge is -2.04. The summed E-state index contributed by atoms with van der Waals surface area (Å²) < 4.78 is 7.61. The van der Waals surface area contributed by atoms with Crippen molar-refractivity contribution >= 4 is 33.3 Å². The average molecular weight is 353 g/mol. The summed E-state index contributed by atoms with van der Waals surface area (Å²) in [6.07, 6.45) is 1.43. The Morgan fingerprint density at radius 2 is 2.00 bits per heavy atom. The maximum atomic E-state index is 12.2. The molecule has 0 spiro atoms. The van der Waals surface area contributed by atoms with Crippen LogP contribution in [0.25, 0.3) is 15.3 Å². The van der Waals surface area contributed by atoms with Gasteiger partial charge in [-0.3, -0.25) is 4.79 Å². The second kappa shape index (κ2) is 5.82. The number of anilines is 1. The van der Waals surface area contributed by atoms with Crippen molar-refractivity contribution < 1.29 is 9.32 Å². The van der Waals surface area contributed by atoms with E-state index in [2.05, 4.69) is 46.5 Å². The molecule has 126 valence electrons. The molecule has 4 rings (SSSR count). The van der Waals surface area contributed by atoms with Gasteiger partial charge in [-0.05, 0) is 44.0 Å². The highest BCUT2D eigenvalue weighted by Gasteiger charge is 2.17. The average Bonchev–Trinajstić information content (AvgIpc) is 3.27. The number of carbonyl (C=O) groups excluding carboxylic acids is 1. The zero-order chi connectivity index (χ0) is 17.6. The number of aromatic nitrogens is 4. The number of rotatable bonds is 3. The third-order valence-electron chi connectivity index (χ3n) is 3.91. The Hall–Kier alpha value is -3.00. The van der Waals surface area contributed by atoms with Crippen molar-refractivity contribution in [2.24, 2.45) is 0 Å². The molecular weight excluding hydrogens is 338 g/mol. The first-order valence-electron chi connectivity index (χ1n) is 7.68. The fourth-order valence-corrected chi connectivity index (χ4v) is 3.51. The summed E-state index contributed by atoms with van der Waals surface area (Å²) in [4.78, 5) is 16.9. The number of fused-ring (bicyclic) bond motifs is 1. The summed E-state index contributed by atoms with van der Waals surface area (Å²) >= 11 is 1.53. The molecule has 8 heteroatoms. The number of hydrogen-bond acceptors (Lipinski definition) is 6. The Morgan fingerprint density at radius 3 is 2.76 bits per heavy atom. The van der Waals surface area contributed by atoms with E-state index in [9.17, 15) is 4.79 Å². The van der Waals surface area contributed by atoms with Crippen LogP contribution in [-0.4, -0.2) is 25.8 Å². The van der Waals surface area contributed by atoms with E-state index in [4.69, 9.17) is 4.52 Å². The molecule has 0 saturated carbocycles. The van der Waals surface area contributed by atoms with E-state index in [0.29, 0.717) is 10.9 Å². The van der Waals surface area contributed by atoms with Crippen LogP contribution in [-0.2, 0) is 0 Å².